The van der Waals surface area contributed by atoms with Gasteiger partial charge in [-0.1, -0.05) is 0 Å². The third-order valence-corrected chi connectivity index (χ3v) is 5.48. The van der Waals surface area contributed by atoms with Gasteiger partial charge in [0.05, 0.1) is 12.7 Å². The second-order valence-corrected chi connectivity index (χ2v) is 7.94. The molecular weight excluding hydrogens is 388 g/mol. The van der Waals surface area contributed by atoms with Crippen LogP contribution >= 0.6 is 0 Å². The summed E-state index contributed by atoms with van der Waals surface area (Å²) in [6, 6.07) is 9.49. The molecule has 2 aromatic carbocycles. The number of anilines is 1. The largest absolute Gasteiger partial charge is 0.508 e. The SMILES string of the molecule is COc1ccc(NC(=O)COC(=O)c2ccc(O)cc2)cc1S(=O)(=O)N(C)C. The first-order valence-corrected chi connectivity index (χ1v) is 9.45. The topological polar surface area (TPSA) is 122 Å². The minimum absolute atomic E-state index is 0.00252. The van der Waals surface area contributed by atoms with E-state index in [2.05, 4.69) is 5.32 Å². The number of phenols is 1. The molecule has 0 fully saturated rings. The van der Waals surface area contributed by atoms with Crippen LogP contribution < -0.4 is 10.1 Å². The monoisotopic (exact) mass is 408 g/mol. The first-order valence-electron chi connectivity index (χ1n) is 8.01. The van der Waals surface area contributed by atoms with Gasteiger partial charge in [0.2, 0.25) is 10.0 Å². The maximum absolute atomic E-state index is 12.4. The van der Waals surface area contributed by atoms with E-state index in [-0.39, 0.29) is 27.6 Å². The van der Waals surface area contributed by atoms with Crippen molar-refractivity contribution in [3.8, 4) is 11.5 Å². The normalized spacial score (nSPS) is 11.1. The van der Waals surface area contributed by atoms with Gasteiger partial charge in [-0.15, -0.1) is 0 Å². The van der Waals surface area contributed by atoms with E-state index >= 15 is 0 Å². The number of carbonyl (C=O) groups excluding carboxylic acids is 2. The predicted molar refractivity (Wildman–Crippen MR) is 101 cm³/mol. The number of aromatic hydroxyl groups is 1. The van der Waals surface area contributed by atoms with Crippen molar-refractivity contribution in [2.45, 2.75) is 4.90 Å². The van der Waals surface area contributed by atoms with Crippen LogP contribution in [0.2, 0.25) is 0 Å². The number of hydrogen-bond acceptors (Lipinski definition) is 7. The Balaban J connectivity index is 2.07. The fraction of sp³-hybridized carbons (Fsp3) is 0.222. The zero-order valence-electron chi connectivity index (χ0n) is 15.5. The number of methoxy groups -OCH3 is 1. The maximum atomic E-state index is 12.4. The summed E-state index contributed by atoms with van der Waals surface area (Å²) >= 11 is 0. The van der Waals surface area contributed by atoms with Crippen molar-refractivity contribution in [3.05, 3.63) is 48.0 Å². The lowest BCUT2D eigenvalue weighted by atomic mass is 10.2. The quantitative estimate of drug-likeness (QED) is 0.665. The number of benzene rings is 2. The highest BCUT2D eigenvalue weighted by atomic mass is 32.2. The van der Waals surface area contributed by atoms with Crippen molar-refractivity contribution in [2.24, 2.45) is 0 Å². The van der Waals surface area contributed by atoms with Gasteiger partial charge >= 0.3 is 5.97 Å². The van der Waals surface area contributed by atoms with Crippen molar-refractivity contribution in [1.29, 1.82) is 0 Å². The lowest BCUT2D eigenvalue weighted by molar-refractivity contribution is -0.119. The summed E-state index contributed by atoms with van der Waals surface area (Å²) in [7, 11) is 0.302. The highest BCUT2D eigenvalue weighted by molar-refractivity contribution is 7.89. The van der Waals surface area contributed by atoms with E-state index in [4.69, 9.17) is 9.47 Å². The molecule has 2 rings (SSSR count). The fourth-order valence-corrected chi connectivity index (χ4v) is 3.24. The second-order valence-electron chi connectivity index (χ2n) is 5.82. The Kier molecular flexibility index (Phi) is 6.60. The molecule has 0 radical (unpaired) electrons. The smallest absolute Gasteiger partial charge is 0.338 e. The Morgan fingerprint density at radius 1 is 1.11 bits per heavy atom. The molecule has 10 heteroatoms. The number of nitrogens with zero attached hydrogens (tertiary/aromatic N) is 1. The van der Waals surface area contributed by atoms with E-state index in [9.17, 15) is 23.1 Å². The molecule has 0 saturated heterocycles. The van der Waals surface area contributed by atoms with E-state index in [1.165, 1.54) is 63.7 Å². The van der Waals surface area contributed by atoms with Gasteiger partial charge in [0.1, 0.15) is 16.4 Å². The number of amides is 1. The van der Waals surface area contributed by atoms with Gasteiger partial charge < -0.3 is 19.9 Å². The van der Waals surface area contributed by atoms with Gasteiger partial charge in [-0.2, -0.15) is 0 Å². The van der Waals surface area contributed by atoms with E-state index in [1.807, 2.05) is 0 Å². The van der Waals surface area contributed by atoms with Crippen LogP contribution in [0.1, 0.15) is 10.4 Å². The van der Waals surface area contributed by atoms with Crippen molar-refractivity contribution in [3.63, 3.8) is 0 Å². The molecule has 0 unspecified atom stereocenters. The van der Waals surface area contributed by atoms with Crippen molar-refractivity contribution in [1.82, 2.24) is 4.31 Å². The first-order chi connectivity index (χ1) is 13.1. The summed E-state index contributed by atoms with van der Waals surface area (Å²) in [5.41, 5.74) is 0.376. The highest BCUT2D eigenvalue weighted by Gasteiger charge is 2.23. The van der Waals surface area contributed by atoms with Crippen LogP contribution in [0.15, 0.2) is 47.4 Å². The number of nitrogens with one attached hydrogen (secondary N) is 1. The Hall–Kier alpha value is -3.11. The van der Waals surface area contributed by atoms with Gasteiger partial charge in [0.15, 0.2) is 6.61 Å². The third-order valence-electron chi connectivity index (χ3n) is 3.64. The molecule has 28 heavy (non-hydrogen) atoms. The average Bonchev–Trinajstić information content (AvgIpc) is 2.66. The number of rotatable bonds is 7. The Morgan fingerprint density at radius 2 is 1.75 bits per heavy atom. The van der Waals surface area contributed by atoms with Crippen molar-refractivity contribution in [2.75, 3.05) is 33.1 Å². The number of hydrogen-bond donors (Lipinski definition) is 2. The molecule has 0 heterocycles. The fourth-order valence-electron chi connectivity index (χ4n) is 2.16. The summed E-state index contributed by atoms with van der Waals surface area (Å²) in [5, 5.41) is 11.7. The average molecular weight is 408 g/mol. The van der Waals surface area contributed by atoms with Crippen LogP contribution in [0.25, 0.3) is 0 Å². The molecule has 0 aromatic heterocycles. The van der Waals surface area contributed by atoms with E-state index in [0.29, 0.717) is 0 Å². The number of ether oxygens (including phenoxy) is 2. The number of carbonyl (C=O) groups is 2. The summed E-state index contributed by atoms with van der Waals surface area (Å²) in [6.45, 7) is -0.568. The van der Waals surface area contributed by atoms with Crippen molar-refractivity contribution >= 4 is 27.6 Å². The van der Waals surface area contributed by atoms with E-state index in [0.717, 1.165) is 4.31 Å². The van der Waals surface area contributed by atoms with Gasteiger partial charge in [-0.05, 0) is 42.5 Å². The van der Waals surface area contributed by atoms with Crippen LogP contribution in [-0.2, 0) is 19.6 Å². The molecule has 0 aliphatic rings. The summed E-state index contributed by atoms with van der Waals surface area (Å²) in [4.78, 5) is 23.8. The molecule has 0 aliphatic carbocycles. The molecule has 2 N–H and O–H groups in total. The molecule has 2 aromatic rings. The summed E-state index contributed by atoms with van der Waals surface area (Å²) < 4.78 is 35.8. The Bertz CT molecular complexity index is 970. The maximum Gasteiger partial charge on any atom is 0.338 e. The molecule has 0 bridgehead atoms. The minimum atomic E-state index is -3.79. The molecule has 9 nitrogen and oxygen atoms in total. The van der Waals surface area contributed by atoms with Crippen LogP contribution in [0.4, 0.5) is 5.69 Å². The number of sulfonamides is 1. The van der Waals surface area contributed by atoms with Crippen molar-refractivity contribution < 1.29 is 32.6 Å². The molecule has 150 valence electrons. The second kappa shape index (κ2) is 8.72. The molecule has 0 aliphatic heterocycles. The van der Waals surface area contributed by atoms with Crippen LogP contribution in [0.3, 0.4) is 0 Å². The van der Waals surface area contributed by atoms with Crippen LogP contribution in [-0.4, -0.2) is 57.5 Å². The molecule has 0 saturated carbocycles. The van der Waals surface area contributed by atoms with Crippen LogP contribution in [0.5, 0.6) is 11.5 Å². The molecule has 1 amide bonds. The Labute approximate surface area is 162 Å². The summed E-state index contributed by atoms with van der Waals surface area (Å²) in [6.07, 6.45) is 0. The van der Waals surface area contributed by atoms with Gasteiger partial charge in [0, 0.05) is 19.8 Å². The zero-order chi connectivity index (χ0) is 20.9. The number of esters is 1. The van der Waals surface area contributed by atoms with Gasteiger partial charge in [-0.25, -0.2) is 17.5 Å². The first kappa shape index (κ1) is 21.2. The van der Waals surface area contributed by atoms with E-state index in [1.54, 1.807) is 0 Å². The lowest BCUT2D eigenvalue weighted by Gasteiger charge is -2.16. The minimum Gasteiger partial charge on any atom is -0.508 e. The zero-order valence-corrected chi connectivity index (χ0v) is 16.3. The van der Waals surface area contributed by atoms with Gasteiger partial charge in [-0.3, -0.25) is 4.79 Å². The predicted octanol–water partition coefficient (Wildman–Crippen LogP) is 1.45. The lowest BCUT2D eigenvalue weighted by Crippen LogP contribution is -2.24. The number of phenolic OH excluding ortho intramolecular Hbond substituents is 1. The highest BCUT2D eigenvalue weighted by Crippen LogP contribution is 2.28. The summed E-state index contributed by atoms with van der Waals surface area (Å²) in [5.74, 6) is -1.26. The van der Waals surface area contributed by atoms with Gasteiger partial charge in [0.25, 0.3) is 5.91 Å². The third kappa shape index (κ3) is 4.99. The molecule has 0 spiro atoms. The Morgan fingerprint density at radius 3 is 2.32 bits per heavy atom. The van der Waals surface area contributed by atoms with Crippen LogP contribution in [0, 0.1) is 0 Å². The molecular formula is C18H20N2O7S. The molecule has 0 atom stereocenters. The van der Waals surface area contributed by atoms with E-state index < -0.39 is 28.5 Å². The standard InChI is InChI=1S/C18H20N2O7S/c1-20(2)28(24,25)16-10-13(6-9-15(16)26-3)19-17(22)11-27-18(23)12-4-7-14(21)8-5-12/h4-10,21H,11H2,1-3H3,(H,19,22).